The van der Waals surface area contributed by atoms with Crippen LogP contribution >= 0.6 is 0 Å². The van der Waals surface area contributed by atoms with Crippen molar-refractivity contribution in [3.63, 3.8) is 0 Å². The molecule has 0 bridgehead atoms. The molecule has 2 amide bonds. The molecule has 0 unspecified atom stereocenters. The van der Waals surface area contributed by atoms with Gasteiger partial charge in [0.1, 0.15) is 0 Å². The van der Waals surface area contributed by atoms with E-state index in [1.807, 2.05) is 0 Å². The van der Waals surface area contributed by atoms with Crippen molar-refractivity contribution in [1.82, 2.24) is 9.80 Å². The Morgan fingerprint density at radius 2 is 2.11 bits per heavy atom. The van der Waals surface area contributed by atoms with Crippen molar-refractivity contribution in [2.75, 3.05) is 26.7 Å². The zero-order valence-corrected chi connectivity index (χ0v) is 11.6. The average molecular weight is 256 g/mol. The van der Waals surface area contributed by atoms with E-state index in [1.165, 1.54) is 0 Å². The van der Waals surface area contributed by atoms with E-state index in [0.717, 1.165) is 19.4 Å². The summed E-state index contributed by atoms with van der Waals surface area (Å²) >= 11 is 0. The van der Waals surface area contributed by atoms with Crippen LogP contribution in [0.1, 0.15) is 33.1 Å². The van der Waals surface area contributed by atoms with Gasteiger partial charge in [-0.2, -0.15) is 0 Å². The Hall–Kier alpha value is -1.26. The van der Waals surface area contributed by atoms with Crippen LogP contribution in [0.2, 0.25) is 0 Å². The molecule has 1 heterocycles. The second-order valence-corrected chi connectivity index (χ2v) is 5.51. The van der Waals surface area contributed by atoms with Crippen molar-refractivity contribution in [2.24, 2.45) is 11.8 Å². The van der Waals surface area contributed by atoms with Gasteiger partial charge in [0.2, 0.25) is 0 Å². The van der Waals surface area contributed by atoms with Gasteiger partial charge in [-0.25, -0.2) is 4.79 Å². The molecular formula is C13H24N2O3. The van der Waals surface area contributed by atoms with Crippen LogP contribution in [0.3, 0.4) is 0 Å². The van der Waals surface area contributed by atoms with Crippen LogP contribution in [-0.2, 0) is 4.79 Å². The summed E-state index contributed by atoms with van der Waals surface area (Å²) in [6, 6.07) is -0.0402. The minimum Gasteiger partial charge on any atom is -0.481 e. The molecule has 5 nitrogen and oxygen atoms in total. The third kappa shape index (κ3) is 4.20. The second-order valence-electron chi connectivity index (χ2n) is 5.51. The highest BCUT2D eigenvalue weighted by Gasteiger charge is 2.29. The zero-order valence-electron chi connectivity index (χ0n) is 11.6. The monoisotopic (exact) mass is 256 g/mol. The maximum Gasteiger partial charge on any atom is 0.319 e. The van der Waals surface area contributed by atoms with Crippen molar-refractivity contribution in [2.45, 2.75) is 33.1 Å². The SMILES string of the molecule is CC(C)CCN(C)C(=O)N1CCC[C@H](C(=O)O)C1. The van der Waals surface area contributed by atoms with Crippen LogP contribution in [0.4, 0.5) is 4.79 Å². The molecule has 1 saturated heterocycles. The number of hydrogen-bond acceptors (Lipinski definition) is 2. The molecule has 0 saturated carbocycles. The predicted octanol–water partition coefficient (Wildman–Crippen LogP) is 1.88. The van der Waals surface area contributed by atoms with Crippen LogP contribution in [0.15, 0.2) is 0 Å². The number of carbonyl (C=O) groups is 2. The number of likely N-dealkylation sites (tertiary alicyclic amines) is 1. The largest absolute Gasteiger partial charge is 0.481 e. The summed E-state index contributed by atoms with van der Waals surface area (Å²) in [6.45, 7) is 6.00. The molecule has 0 radical (unpaired) electrons. The quantitative estimate of drug-likeness (QED) is 0.835. The first-order chi connectivity index (χ1) is 8.41. The van der Waals surface area contributed by atoms with E-state index < -0.39 is 11.9 Å². The fraction of sp³-hybridized carbons (Fsp3) is 0.846. The zero-order chi connectivity index (χ0) is 13.7. The molecular weight excluding hydrogens is 232 g/mol. The lowest BCUT2D eigenvalue weighted by Gasteiger charge is -2.34. The van der Waals surface area contributed by atoms with Gasteiger partial charge in [0, 0.05) is 26.7 Å². The average Bonchev–Trinajstić information content (AvgIpc) is 2.35. The predicted molar refractivity (Wildman–Crippen MR) is 69.4 cm³/mol. The number of aliphatic carboxylic acids is 1. The van der Waals surface area contributed by atoms with Crippen molar-refractivity contribution >= 4 is 12.0 Å². The number of amides is 2. The minimum absolute atomic E-state index is 0.0402. The molecule has 1 aliphatic rings. The molecule has 5 heteroatoms. The van der Waals surface area contributed by atoms with Gasteiger partial charge in [-0.1, -0.05) is 13.8 Å². The number of nitrogens with zero attached hydrogens (tertiary/aromatic N) is 2. The summed E-state index contributed by atoms with van der Waals surface area (Å²) in [5, 5.41) is 9.00. The van der Waals surface area contributed by atoms with E-state index in [0.29, 0.717) is 25.4 Å². The summed E-state index contributed by atoms with van der Waals surface area (Å²) in [4.78, 5) is 26.5. The summed E-state index contributed by atoms with van der Waals surface area (Å²) in [5.74, 6) is -0.632. The number of piperidine rings is 1. The topological polar surface area (TPSA) is 60.9 Å². The van der Waals surface area contributed by atoms with Crippen molar-refractivity contribution in [3.8, 4) is 0 Å². The van der Waals surface area contributed by atoms with Gasteiger partial charge in [-0.05, 0) is 25.2 Å². The van der Waals surface area contributed by atoms with Gasteiger partial charge < -0.3 is 14.9 Å². The lowest BCUT2D eigenvalue weighted by Crippen LogP contribution is -2.47. The molecule has 0 aromatic heterocycles. The molecule has 1 N–H and O–H groups in total. The molecule has 0 aromatic carbocycles. The first kappa shape index (κ1) is 14.8. The van der Waals surface area contributed by atoms with E-state index in [2.05, 4.69) is 13.8 Å². The summed E-state index contributed by atoms with van der Waals surface area (Å²) in [6.07, 6.45) is 2.42. The van der Waals surface area contributed by atoms with E-state index in [-0.39, 0.29) is 6.03 Å². The number of hydrogen-bond donors (Lipinski definition) is 1. The molecule has 104 valence electrons. The fourth-order valence-corrected chi connectivity index (χ4v) is 2.14. The summed E-state index contributed by atoms with van der Waals surface area (Å²) in [5.41, 5.74) is 0. The number of urea groups is 1. The van der Waals surface area contributed by atoms with Crippen LogP contribution in [0, 0.1) is 11.8 Å². The minimum atomic E-state index is -0.794. The van der Waals surface area contributed by atoms with Crippen LogP contribution < -0.4 is 0 Å². The third-order valence-corrected chi connectivity index (χ3v) is 3.41. The Kier molecular flexibility index (Phi) is 5.44. The molecule has 18 heavy (non-hydrogen) atoms. The second kappa shape index (κ2) is 6.61. The maximum atomic E-state index is 12.1. The number of carboxylic acids is 1. The lowest BCUT2D eigenvalue weighted by molar-refractivity contribution is -0.143. The number of carboxylic acid groups (broad SMARTS) is 1. The summed E-state index contributed by atoms with van der Waals surface area (Å²) < 4.78 is 0. The highest BCUT2D eigenvalue weighted by Crippen LogP contribution is 2.18. The van der Waals surface area contributed by atoms with E-state index in [9.17, 15) is 9.59 Å². The Balaban J connectivity index is 2.47. The van der Waals surface area contributed by atoms with Gasteiger partial charge in [-0.3, -0.25) is 4.79 Å². The van der Waals surface area contributed by atoms with Gasteiger partial charge in [0.05, 0.1) is 5.92 Å². The van der Waals surface area contributed by atoms with Crippen LogP contribution in [-0.4, -0.2) is 53.6 Å². The Morgan fingerprint density at radius 1 is 1.44 bits per heavy atom. The molecule has 0 aromatic rings. The van der Waals surface area contributed by atoms with E-state index in [4.69, 9.17) is 5.11 Å². The van der Waals surface area contributed by atoms with E-state index in [1.54, 1.807) is 16.8 Å². The lowest BCUT2D eigenvalue weighted by atomic mass is 9.98. The Morgan fingerprint density at radius 3 is 2.67 bits per heavy atom. The number of carbonyl (C=O) groups excluding carboxylic acids is 1. The van der Waals surface area contributed by atoms with Crippen molar-refractivity contribution in [3.05, 3.63) is 0 Å². The maximum absolute atomic E-state index is 12.1. The van der Waals surface area contributed by atoms with Crippen molar-refractivity contribution in [1.29, 1.82) is 0 Å². The highest BCUT2D eigenvalue weighted by atomic mass is 16.4. The van der Waals surface area contributed by atoms with Gasteiger partial charge in [-0.15, -0.1) is 0 Å². The molecule has 0 aliphatic carbocycles. The van der Waals surface area contributed by atoms with Gasteiger partial charge in [0.15, 0.2) is 0 Å². The van der Waals surface area contributed by atoms with Crippen LogP contribution in [0.25, 0.3) is 0 Å². The van der Waals surface area contributed by atoms with E-state index >= 15 is 0 Å². The smallest absolute Gasteiger partial charge is 0.319 e. The Bertz CT molecular complexity index is 305. The third-order valence-electron chi connectivity index (χ3n) is 3.41. The first-order valence-electron chi connectivity index (χ1n) is 6.64. The summed E-state index contributed by atoms with van der Waals surface area (Å²) in [7, 11) is 1.79. The van der Waals surface area contributed by atoms with Gasteiger partial charge in [0.25, 0.3) is 0 Å². The molecule has 1 atom stereocenters. The molecule has 0 spiro atoms. The highest BCUT2D eigenvalue weighted by molar-refractivity contribution is 5.76. The normalized spacial score (nSPS) is 20.0. The van der Waals surface area contributed by atoms with Crippen LogP contribution in [0.5, 0.6) is 0 Å². The molecule has 1 fully saturated rings. The standard InChI is InChI=1S/C13H24N2O3/c1-10(2)6-8-14(3)13(18)15-7-4-5-11(9-15)12(16)17/h10-11H,4-9H2,1-3H3,(H,16,17)/t11-/m0/s1. The fourth-order valence-electron chi connectivity index (χ4n) is 2.14. The van der Waals surface area contributed by atoms with Crippen molar-refractivity contribution < 1.29 is 14.7 Å². The number of rotatable bonds is 4. The Labute approximate surface area is 109 Å². The molecule has 1 aliphatic heterocycles. The first-order valence-corrected chi connectivity index (χ1v) is 6.64. The van der Waals surface area contributed by atoms with Gasteiger partial charge >= 0.3 is 12.0 Å². The molecule has 1 rings (SSSR count).